The summed E-state index contributed by atoms with van der Waals surface area (Å²) in [5.41, 5.74) is -1.01. The Morgan fingerprint density at radius 1 is 1.33 bits per heavy atom. The molecule has 0 spiro atoms. The van der Waals surface area contributed by atoms with Gasteiger partial charge >= 0.3 is 0 Å². The molecule has 15 heavy (non-hydrogen) atoms. The lowest BCUT2D eigenvalue weighted by atomic mass is 10.1. The minimum atomic E-state index is -3.74. The first-order valence-electron chi connectivity index (χ1n) is 3.94. The summed E-state index contributed by atoms with van der Waals surface area (Å²) in [5.74, 6) is -6.90. The Morgan fingerprint density at radius 3 is 2.40 bits per heavy atom. The van der Waals surface area contributed by atoms with E-state index in [2.05, 4.69) is 4.74 Å². The van der Waals surface area contributed by atoms with E-state index in [9.17, 15) is 17.6 Å². The molecule has 0 aliphatic carbocycles. The number of alkyl halides is 2. The van der Waals surface area contributed by atoms with Gasteiger partial charge in [-0.05, 0) is 6.07 Å². The molecule has 1 aromatic rings. The lowest BCUT2D eigenvalue weighted by Crippen LogP contribution is -2.20. The van der Waals surface area contributed by atoms with E-state index >= 15 is 0 Å². The van der Waals surface area contributed by atoms with Gasteiger partial charge in [-0.3, -0.25) is 0 Å². The van der Waals surface area contributed by atoms with Crippen molar-refractivity contribution in [3.05, 3.63) is 29.3 Å². The Labute approximate surface area is 83.1 Å². The van der Waals surface area contributed by atoms with E-state index in [-0.39, 0.29) is 0 Å². The van der Waals surface area contributed by atoms with E-state index in [0.717, 1.165) is 7.11 Å². The molecule has 1 rings (SSSR count). The molecule has 0 unspecified atom stereocenters. The molecule has 84 valence electrons. The zero-order valence-corrected chi connectivity index (χ0v) is 7.73. The molecule has 0 atom stereocenters. The lowest BCUT2D eigenvalue weighted by molar-refractivity contribution is -0.0576. The normalized spacial score (nSPS) is 11.6. The highest BCUT2D eigenvalue weighted by Gasteiger charge is 2.35. The summed E-state index contributed by atoms with van der Waals surface area (Å²) in [6.45, 7) is -1.55. The van der Waals surface area contributed by atoms with E-state index in [1.165, 1.54) is 0 Å². The zero-order valence-electron chi connectivity index (χ0n) is 7.73. The number of halogens is 4. The molecule has 0 amide bonds. The molecular formula is C9H8F4O2. The monoisotopic (exact) mass is 224 g/mol. The predicted octanol–water partition coefficient (Wildman–Crippen LogP) is 2.06. The van der Waals surface area contributed by atoms with Gasteiger partial charge in [0.15, 0.2) is 11.6 Å². The highest BCUT2D eigenvalue weighted by Crippen LogP contribution is 2.36. The molecule has 0 aromatic heterocycles. The van der Waals surface area contributed by atoms with E-state index in [4.69, 9.17) is 5.11 Å². The number of ether oxygens (including phenoxy) is 1. The van der Waals surface area contributed by atoms with Crippen molar-refractivity contribution in [1.82, 2.24) is 0 Å². The number of aliphatic hydroxyl groups is 1. The van der Waals surface area contributed by atoms with Crippen LogP contribution < -0.4 is 4.74 Å². The Bertz CT molecular complexity index is 365. The molecule has 0 bridgehead atoms. The second kappa shape index (κ2) is 4.06. The van der Waals surface area contributed by atoms with Crippen molar-refractivity contribution in [2.24, 2.45) is 0 Å². The first kappa shape index (κ1) is 11.8. The quantitative estimate of drug-likeness (QED) is 0.796. The van der Waals surface area contributed by atoms with E-state index in [1.54, 1.807) is 0 Å². The van der Waals surface area contributed by atoms with Crippen LogP contribution in [0.2, 0.25) is 0 Å². The summed E-state index contributed by atoms with van der Waals surface area (Å²) < 4.78 is 56.1. The molecule has 0 heterocycles. The van der Waals surface area contributed by atoms with Gasteiger partial charge in [0.05, 0.1) is 12.7 Å². The van der Waals surface area contributed by atoms with Crippen LogP contribution in [-0.2, 0) is 5.92 Å². The van der Waals surface area contributed by atoms with Crippen molar-refractivity contribution >= 4 is 0 Å². The summed E-state index contributed by atoms with van der Waals surface area (Å²) in [6.07, 6.45) is 0. The minimum absolute atomic E-state index is 0.426. The van der Waals surface area contributed by atoms with Gasteiger partial charge in [-0.15, -0.1) is 0 Å². The lowest BCUT2D eigenvalue weighted by Gasteiger charge is -2.17. The number of methoxy groups -OCH3 is 1. The second-order valence-electron chi connectivity index (χ2n) is 2.83. The third kappa shape index (κ3) is 2.20. The molecular weight excluding hydrogens is 216 g/mol. The molecule has 6 heteroatoms. The van der Waals surface area contributed by atoms with Crippen LogP contribution in [0.3, 0.4) is 0 Å². The SMILES string of the molecule is COc1c(F)cc(F)cc1C(F)(F)CO. The van der Waals surface area contributed by atoms with Crippen molar-refractivity contribution < 1.29 is 27.4 Å². The van der Waals surface area contributed by atoms with Crippen LogP contribution in [0.5, 0.6) is 5.75 Å². The average molecular weight is 224 g/mol. The van der Waals surface area contributed by atoms with Crippen molar-refractivity contribution in [3.63, 3.8) is 0 Å². The Morgan fingerprint density at radius 2 is 1.93 bits per heavy atom. The molecule has 0 saturated heterocycles. The largest absolute Gasteiger partial charge is 0.493 e. The van der Waals surface area contributed by atoms with Gasteiger partial charge in [-0.2, -0.15) is 8.78 Å². The van der Waals surface area contributed by atoms with Crippen LogP contribution in [0.25, 0.3) is 0 Å². The standard InChI is InChI=1S/C9H8F4O2/c1-15-8-6(9(12,13)4-14)2-5(10)3-7(8)11/h2-3,14H,4H2,1H3. The minimum Gasteiger partial charge on any atom is -0.493 e. The number of rotatable bonds is 3. The smallest absolute Gasteiger partial charge is 0.299 e. The summed E-state index contributed by atoms with van der Waals surface area (Å²) >= 11 is 0. The summed E-state index contributed by atoms with van der Waals surface area (Å²) in [7, 11) is 0.979. The van der Waals surface area contributed by atoms with Crippen molar-refractivity contribution in [3.8, 4) is 5.75 Å². The Hall–Kier alpha value is -1.30. The maximum Gasteiger partial charge on any atom is 0.299 e. The number of benzene rings is 1. The highest BCUT2D eigenvalue weighted by atomic mass is 19.3. The third-order valence-electron chi connectivity index (χ3n) is 1.81. The molecule has 1 N–H and O–H groups in total. The molecule has 2 nitrogen and oxygen atoms in total. The summed E-state index contributed by atoms with van der Waals surface area (Å²) in [4.78, 5) is 0. The summed E-state index contributed by atoms with van der Waals surface area (Å²) in [6, 6.07) is 0.855. The van der Waals surface area contributed by atoms with Gasteiger partial charge in [0.1, 0.15) is 12.4 Å². The predicted molar refractivity (Wildman–Crippen MR) is 43.9 cm³/mol. The maximum absolute atomic E-state index is 13.0. The maximum atomic E-state index is 13.0. The number of hydrogen-bond donors (Lipinski definition) is 1. The zero-order chi connectivity index (χ0) is 11.6. The van der Waals surface area contributed by atoms with E-state index in [1.807, 2.05) is 0 Å². The molecule has 0 aliphatic heterocycles. The van der Waals surface area contributed by atoms with Gasteiger partial charge in [0.25, 0.3) is 5.92 Å². The van der Waals surface area contributed by atoms with Crippen molar-refractivity contribution in [2.75, 3.05) is 13.7 Å². The van der Waals surface area contributed by atoms with Gasteiger partial charge in [-0.1, -0.05) is 0 Å². The van der Waals surface area contributed by atoms with Gasteiger partial charge in [0, 0.05) is 6.07 Å². The number of hydrogen-bond acceptors (Lipinski definition) is 2. The van der Waals surface area contributed by atoms with Crippen LogP contribution in [0, 0.1) is 11.6 Å². The van der Waals surface area contributed by atoms with Crippen LogP contribution in [-0.4, -0.2) is 18.8 Å². The van der Waals surface area contributed by atoms with Gasteiger partial charge in [0.2, 0.25) is 0 Å². The van der Waals surface area contributed by atoms with Gasteiger partial charge in [-0.25, -0.2) is 8.78 Å². The molecule has 1 aromatic carbocycles. The molecule has 0 saturated carbocycles. The first-order valence-corrected chi connectivity index (χ1v) is 3.94. The fraction of sp³-hybridized carbons (Fsp3) is 0.333. The molecule has 0 radical (unpaired) electrons. The van der Waals surface area contributed by atoms with Crippen LogP contribution in [0.1, 0.15) is 5.56 Å². The highest BCUT2D eigenvalue weighted by molar-refractivity contribution is 5.38. The van der Waals surface area contributed by atoms with E-state index in [0.29, 0.717) is 12.1 Å². The van der Waals surface area contributed by atoms with Crippen LogP contribution in [0.4, 0.5) is 17.6 Å². The van der Waals surface area contributed by atoms with Crippen LogP contribution >= 0.6 is 0 Å². The van der Waals surface area contributed by atoms with Gasteiger partial charge < -0.3 is 9.84 Å². The third-order valence-corrected chi connectivity index (χ3v) is 1.81. The Kier molecular flexibility index (Phi) is 3.18. The number of aliphatic hydroxyl groups excluding tert-OH is 1. The molecule has 0 aliphatic rings. The van der Waals surface area contributed by atoms with Crippen molar-refractivity contribution in [1.29, 1.82) is 0 Å². The Balaban J connectivity index is 3.39. The van der Waals surface area contributed by atoms with Crippen molar-refractivity contribution in [2.45, 2.75) is 5.92 Å². The fourth-order valence-corrected chi connectivity index (χ4v) is 1.12. The van der Waals surface area contributed by atoms with E-state index < -0.39 is 35.5 Å². The topological polar surface area (TPSA) is 29.5 Å². The summed E-state index contributed by atoms with van der Waals surface area (Å²) in [5, 5.41) is 8.40. The fourth-order valence-electron chi connectivity index (χ4n) is 1.12. The average Bonchev–Trinajstić information content (AvgIpc) is 2.16. The first-order chi connectivity index (χ1) is 6.92. The molecule has 0 fully saturated rings. The second-order valence-corrected chi connectivity index (χ2v) is 2.83. The van der Waals surface area contributed by atoms with Crippen LogP contribution in [0.15, 0.2) is 12.1 Å².